The largest absolute Gasteiger partial charge is 0.354 e. The van der Waals surface area contributed by atoms with Crippen LogP contribution in [-0.2, 0) is 21.3 Å². The van der Waals surface area contributed by atoms with E-state index in [0.29, 0.717) is 22.2 Å². The van der Waals surface area contributed by atoms with Crippen LogP contribution in [0.5, 0.6) is 0 Å². The van der Waals surface area contributed by atoms with Crippen LogP contribution in [-0.4, -0.2) is 23.9 Å². The molecule has 4 rings (SSSR count). The van der Waals surface area contributed by atoms with Crippen LogP contribution in [0.1, 0.15) is 5.56 Å². The number of H-pyrrole nitrogens is 1. The molecule has 3 aromatic rings. The second kappa shape index (κ2) is 4.68. The van der Waals surface area contributed by atoms with Crippen LogP contribution in [0.4, 0.5) is 5.69 Å². The molecular weight excluding hydrogens is 316 g/mol. The molecule has 1 aliphatic rings. The van der Waals surface area contributed by atoms with Gasteiger partial charge >= 0.3 is 0 Å². The Hall–Kier alpha value is -2.64. The van der Waals surface area contributed by atoms with Gasteiger partial charge < -0.3 is 10.3 Å². The number of nitrogens with one attached hydrogen (secondary N) is 2. The van der Waals surface area contributed by atoms with Crippen molar-refractivity contribution in [2.24, 2.45) is 0 Å². The quantitative estimate of drug-likeness (QED) is 0.598. The zero-order valence-electron chi connectivity index (χ0n) is 11.8. The number of aromatic amines is 1. The SMILES string of the molecule is O=C1Cc2c([nH]c3ccc(S(=O)(=O)O)cc23)-c2ccccc2N1. The first-order chi connectivity index (χ1) is 10.9. The zero-order valence-corrected chi connectivity index (χ0v) is 12.6. The van der Waals surface area contributed by atoms with E-state index in [2.05, 4.69) is 10.3 Å². The molecule has 0 saturated heterocycles. The molecule has 0 atom stereocenters. The molecule has 3 N–H and O–H groups in total. The fraction of sp³-hybridized carbons (Fsp3) is 0.0625. The molecule has 0 unspecified atom stereocenters. The third kappa shape index (κ3) is 2.21. The van der Waals surface area contributed by atoms with Crippen molar-refractivity contribution >= 4 is 32.6 Å². The lowest BCUT2D eigenvalue weighted by Crippen LogP contribution is -2.12. The standard InChI is InChI=1S/C16H12N2O4S/c19-15-8-12-11-7-9(23(20,21)22)5-6-14(11)18-16(12)10-3-1-2-4-13(10)17-15/h1-7,18H,8H2,(H,17,19)(H,20,21,22). The second-order valence-corrected chi connectivity index (χ2v) is 6.85. The average Bonchev–Trinajstić information content (AvgIpc) is 2.77. The fourth-order valence-electron chi connectivity index (χ4n) is 2.97. The van der Waals surface area contributed by atoms with Crippen molar-refractivity contribution in [3.05, 3.63) is 48.0 Å². The maximum absolute atomic E-state index is 12.1. The van der Waals surface area contributed by atoms with E-state index in [-0.39, 0.29) is 17.2 Å². The van der Waals surface area contributed by atoms with Gasteiger partial charge in [-0.05, 0) is 29.8 Å². The summed E-state index contributed by atoms with van der Waals surface area (Å²) in [4.78, 5) is 15.2. The summed E-state index contributed by atoms with van der Waals surface area (Å²) in [5, 5.41) is 3.45. The van der Waals surface area contributed by atoms with Crippen molar-refractivity contribution in [2.45, 2.75) is 11.3 Å². The Morgan fingerprint density at radius 3 is 2.65 bits per heavy atom. The van der Waals surface area contributed by atoms with Gasteiger partial charge in [-0.1, -0.05) is 18.2 Å². The molecule has 0 spiro atoms. The normalized spacial score (nSPS) is 14.0. The van der Waals surface area contributed by atoms with Crippen LogP contribution in [0, 0.1) is 0 Å². The van der Waals surface area contributed by atoms with E-state index in [9.17, 15) is 17.8 Å². The van der Waals surface area contributed by atoms with Gasteiger partial charge in [-0.2, -0.15) is 8.42 Å². The number of anilines is 1. The Bertz CT molecular complexity index is 1070. The van der Waals surface area contributed by atoms with E-state index in [1.54, 1.807) is 6.07 Å². The van der Waals surface area contributed by atoms with Crippen molar-refractivity contribution in [1.82, 2.24) is 4.98 Å². The number of carbonyl (C=O) groups is 1. The number of rotatable bonds is 1. The summed E-state index contributed by atoms with van der Waals surface area (Å²) in [5.41, 5.74) is 3.76. The van der Waals surface area contributed by atoms with Gasteiger partial charge in [0.2, 0.25) is 5.91 Å². The van der Waals surface area contributed by atoms with Crippen molar-refractivity contribution in [3.63, 3.8) is 0 Å². The zero-order chi connectivity index (χ0) is 16.2. The molecule has 2 aromatic carbocycles. The molecule has 0 saturated carbocycles. The lowest BCUT2D eigenvalue weighted by molar-refractivity contribution is -0.115. The Morgan fingerprint density at radius 2 is 1.87 bits per heavy atom. The molecule has 1 aliphatic heterocycles. The third-order valence-electron chi connectivity index (χ3n) is 3.98. The van der Waals surface area contributed by atoms with E-state index in [0.717, 1.165) is 11.3 Å². The van der Waals surface area contributed by atoms with E-state index in [1.807, 2.05) is 24.3 Å². The first-order valence-corrected chi connectivity index (χ1v) is 8.39. The Kier molecular flexibility index (Phi) is 2.84. The Labute approximate surface area is 131 Å². The van der Waals surface area contributed by atoms with Crippen molar-refractivity contribution in [1.29, 1.82) is 0 Å². The first-order valence-electron chi connectivity index (χ1n) is 6.95. The van der Waals surface area contributed by atoms with Gasteiger partial charge in [0.25, 0.3) is 10.1 Å². The van der Waals surface area contributed by atoms with Gasteiger partial charge in [0, 0.05) is 16.5 Å². The predicted molar refractivity (Wildman–Crippen MR) is 85.9 cm³/mol. The number of carbonyl (C=O) groups excluding carboxylic acids is 1. The van der Waals surface area contributed by atoms with Crippen molar-refractivity contribution in [2.75, 3.05) is 5.32 Å². The first kappa shape index (κ1) is 14.0. The maximum atomic E-state index is 12.1. The van der Waals surface area contributed by atoms with E-state index in [1.165, 1.54) is 12.1 Å². The highest BCUT2D eigenvalue weighted by molar-refractivity contribution is 7.85. The van der Waals surface area contributed by atoms with Crippen LogP contribution in [0.3, 0.4) is 0 Å². The van der Waals surface area contributed by atoms with Gasteiger partial charge in [0.05, 0.1) is 22.7 Å². The Morgan fingerprint density at radius 1 is 1.09 bits per heavy atom. The molecule has 0 fully saturated rings. The fourth-order valence-corrected chi connectivity index (χ4v) is 3.47. The highest BCUT2D eigenvalue weighted by Crippen LogP contribution is 2.37. The van der Waals surface area contributed by atoms with Crippen LogP contribution < -0.4 is 5.32 Å². The molecule has 0 bridgehead atoms. The molecule has 0 radical (unpaired) electrons. The van der Waals surface area contributed by atoms with Crippen LogP contribution in [0.25, 0.3) is 22.2 Å². The van der Waals surface area contributed by atoms with Gasteiger partial charge in [-0.25, -0.2) is 0 Å². The molecule has 116 valence electrons. The number of amides is 1. The summed E-state index contributed by atoms with van der Waals surface area (Å²) in [6.45, 7) is 0. The Balaban J connectivity index is 2.06. The number of hydrogen-bond donors (Lipinski definition) is 3. The van der Waals surface area contributed by atoms with Crippen LogP contribution in [0.15, 0.2) is 47.4 Å². The average molecular weight is 328 g/mol. The minimum atomic E-state index is -4.30. The van der Waals surface area contributed by atoms with Crippen LogP contribution in [0.2, 0.25) is 0 Å². The molecule has 23 heavy (non-hydrogen) atoms. The number of benzene rings is 2. The van der Waals surface area contributed by atoms with Gasteiger partial charge in [-0.15, -0.1) is 0 Å². The maximum Gasteiger partial charge on any atom is 0.294 e. The van der Waals surface area contributed by atoms with E-state index in [4.69, 9.17) is 0 Å². The van der Waals surface area contributed by atoms with Gasteiger partial charge in [-0.3, -0.25) is 9.35 Å². The monoisotopic (exact) mass is 328 g/mol. The van der Waals surface area contributed by atoms with Gasteiger partial charge in [0.1, 0.15) is 0 Å². The minimum absolute atomic E-state index is 0.124. The summed E-state index contributed by atoms with van der Waals surface area (Å²) < 4.78 is 32.0. The highest BCUT2D eigenvalue weighted by Gasteiger charge is 2.23. The molecule has 0 aliphatic carbocycles. The minimum Gasteiger partial charge on any atom is -0.354 e. The number of hydrogen-bond acceptors (Lipinski definition) is 3. The summed E-state index contributed by atoms with van der Waals surface area (Å²) in [6.07, 6.45) is 0.124. The molecule has 1 aromatic heterocycles. The highest BCUT2D eigenvalue weighted by atomic mass is 32.2. The lowest BCUT2D eigenvalue weighted by Gasteiger charge is -2.05. The number of fused-ring (bicyclic) bond motifs is 5. The smallest absolute Gasteiger partial charge is 0.294 e. The topological polar surface area (TPSA) is 99.3 Å². The summed E-state index contributed by atoms with van der Waals surface area (Å²) in [5.74, 6) is -0.172. The molecule has 2 heterocycles. The molecule has 1 amide bonds. The third-order valence-corrected chi connectivity index (χ3v) is 4.83. The molecule has 6 nitrogen and oxygen atoms in total. The molecule has 7 heteroatoms. The predicted octanol–water partition coefficient (Wildman–Crippen LogP) is 2.58. The van der Waals surface area contributed by atoms with E-state index >= 15 is 0 Å². The lowest BCUT2D eigenvalue weighted by atomic mass is 10.0. The molecular formula is C16H12N2O4S. The summed E-state index contributed by atoms with van der Waals surface area (Å²) >= 11 is 0. The summed E-state index contributed by atoms with van der Waals surface area (Å²) in [7, 11) is -4.30. The van der Waals surface area contributed by atoms with Crippen molar-refractivity contribution < 1.29 is 17.8 Å². The summed E-state index contributed by atoms with van der Waals surface area (Å²) in [6, 6.07) is 11.7. The number of para-hydroxylation sites is 1. The van der Waals surface area contributed by atoms with E-state index < -0.39 is 10.1 Å². The van der Waals surface area contributed by atoms with Gasteiger partial charge in [0.15, 0.2) is 0 Å². The van der Waals surface area contributed by atoms with Crippen LogP contribution >= 0.6 is 0 Å². The number of aromatic nitrogens is 1. The van der Waals surface area contributed by atoms with Crippen molar-refractivity contribution in [3.8, 4) is 11.3 Å². The second-order valence-electron chi connectivity index (χ2n) is 5.43.